The van der Waals surface area contributed by atoms with Gasteiger partial charge in [0.25, 0.3) is 0 Å². The van der Waals surface area contributed by atoms with Gasteiger partial charge in [0.15, 0.2) is 17.4 Å². The first-order chi connectivity index (χ1) is 19.3. The molecule has 208 valence electrons. The number of carbonyl (C=O) groups is 1. The van der Waals surface area contributed by atoms with E-state index in [4.69, 9.17) is 9.47 Å². The Balaban J connectivity index is 1.39. The molecule has 12 nitrogen and oxygen atoms in total. The van der Waals surface area contributed by atoms with Gasteiger partial charge < -0.3 is 25.2 Å². The van der Waals surface area contributed by atoms with Gasteiger partial charge in [-0.25, -0.2) is 15.0 Å². The minimum Gasteiger partial charge on any atom is -0.494 e. The average Bonchev–Trinajstić information content (AvgIpc) is 3.52. The molecular weight excluding hydrogens is 512 g/mol. The van der Waals surface area contributed by atoms with Crippen molar-refractivity contribution in [2.75, 3.05) is 37.9 Å². The van der Waals surface area contributed by atoms with E-state index in [0.29, 0.717) is 71.0 Å². The van der Waals surface area contributed by atoms with E-state index in [1.54, 1.807) is 55.8 Å². The van der Waals surface area contributed by atoms with Gasteiger partial charge in [0, 0.05) is 38.8 Å². The first-order valence-corrected chi connectivity index (χ1v) is 12.9. The Bertz CT molecular complexity index is 1490. The number of aliphatic hydroxyl groups is 1. The third-order valence-corrected chi connectivity index (χ3v) is 6.55. The quantitative estimate of drug-likeness (QED) is 0.253. The van der Waals surface area contributed by atoms with E-state index in [0.717, 1.165) is 0 Å². The summed E-state index contributed by atoms with van der Waals surface area (Å²) in [6.07, 6.45) is 4.26. The van der Waals surface area contributed by atoms with Gasteiger partial charge in [-0.3, -0.25) is 14.4 Å². The minimum absolute atomic E-state index is 0.0533. The van der Waals surface area contributed by atoms with Gasteiger partial charge in [-0.2, -0.15) is 5.10 Å². The van der Waals surface area contributed by atoms with Crippen molar-refractivity contribution in [1.29, 1.82) is 0 Å². The molecule has 0 amide bonds. The first kappa shape index (κ1) is 27.0. The van der Waals surface area contributed by atoms with Crippen molar-refractivity contribution in [3.63, 3.8) is 0 Å². The molecule has 1 saturated heterocycles. The molecule has 1 aliphatic rings. The standard InChI is InChI=1S/C28H32N8O4/c1-5-22(37)19-13-30-26(33-25-10-9-17(12-29-25)40-24-15-35(2)14-23(24)38)11-21(19)32-20-8-6-7-18(27(20)39-4)28-31-16-36(3)34-28/h6-13,16,23-24,38H,5,14-15H2,1-4H3,(H2,29,30,32,33)/t23-,24-/m0/s1. The lowest BCUT2D eigenvalue weighted by Gasteiger charge is -2.17. The predicted molar refractivity (Wildman–Crippen MR) is 151 cm³/mol. The summed E-state index contributed by atoms with van der Waals surface area (Å²) in [5.41, 5.74) is 2.38. The second kappa shape index (κ2) is 11.7. The number of hydrogen-bond acceptors (Lipinski definition) is 11. The molecule has 0 bridgehead atoms. The summed E-state index contributed by atoms with van der Waals surface area (Å²) in [6, 6.07) is 10.9. The number of aryl methyl sites for hydroxylation is 1. The fourth-order valence-electron chi connectivity index (χ4n) is 4.57. The van der Waals surface area contributed by atoms with Crippen molar-refractivity contribution in [2.45, 2.75) is 25.6 Å². The molecule has 3 aromatic heterocycles. The molecule has 0 spiro atoms. The highest BCUT2D eigenvalue weighted by atomic mass is 16.5. The Morgan fingerprint density at radius 3 is 2.52 bits per heavy atom. The summed E-state index contributed by atoms with van der Waals surface area (Å²) in [5.74, 6) is 2.63. The molecular formula is C28H32N8O4. The van der Waals surface area contributed by atoms with E-state index in [2.05, 4.69) is 30.7 Å². The van der Waals surface area contributed by atoms with E-state index < -0.39 is 6.10 Å². The zero-order valence-electron chi connectivity index (χ0n) is 22.8. The van der Waals surface area contributed by atoms with Crippen LogP contribution in [0.25, 0.3) is 11.4 Å². The average molecular weight is 545 g/mol. The number of methoxy groups -OCH3 is 1. The van der Waals surface area contributed by atoms with E-state index in [-0.39, 0.29) is 11.9 Å². The number of aromatic nitrogens is 5. The van der Waals surface area contributed by atoms with Crippen molar-refractivity contribution in [3.05, 3.63) is 60.7 Å². The third kappa shape index (κ3) is 5.87. The molecule has 5 rings (SSSR count). The molecule has 1 aromatic carbocycles. The summed E-state index contributed by atoms with van der Waals surface area (Å²) in [7, 11) is 5.32. The number of likely N-dealkylation sites (tertiary alicyclic amines) is 1. The van der Waals surface area contributed by atoms with Crippen LogP contribution in [0.4, 0.5) is 23.0 Å². The number of anilines is 4. The molecule has 0 radical (unpaired) electrons. The number of para-hydroxylation sites is 1. The number of nitrogens with one attached hydrogen (secondary N) is 2. The number of aliphatic hydroxyl groups excluding tert-OH is 1. The summed E-state index contributed by atoms with van der Waals surface area (Å²) < 4.78 is 13.3. The van der Waals surface area contributed by atoms with Crippen LogP contribution in [0.2, 0.25) is 0 Å². The number of rotatable bonds is 10. The van der Waals surface area contributed by atoms with Crippen LogP contribution < -0.4 is 20.1 Å². The molecule has 1 fully saturated rings. The summed E-state index contributed by atoms with van der Waals surface area (Å²) in [6.45, 7) is 3.03. The second-order valence-corrected chi connectivity index (χ2v) is 9.59. The van der Waals surface area contributed by atoms with Gasteiger partial charge >= 0.3 is 0 Å². The highest BCUT2D eigenvalue weighted by molar-refractivity contribution is 6.02. The van der Waals surface area contributed by atoms with Crippen molar-refractivity contribution >= 4 is 28.8 Å². The van der Waals surface area contributed by atoms with Crippen LogP contribution >= 0.6 is 0 Å². The molecule has 4 heterocycles. The minimum atomic E-state index is -0.540. The van der Waals surface area contributed by atoms with Crippen LogP contribution in [0, 0.1) is 0 Å². The van der Waals surface area contributed by atoms with Crippen molar-refractivity contribution in [1.82, 2.24) is 29.6 Å². The van der Waals surface area contributed by atoms with Crippen LogP contribution in [-0.2, 0) is 7.05 Å². The number of nitrogens with zero attached hydrogens (tertiary/aromatic N) is 6. The maximum atomic E-state index is 12.8. The molecule has 2 atom stereocenters. The Hall–Kier alpha value is -4.55. The van der Waals surface area contributed by atoms with Crippen molar-refractivity contribution in [3.8, 4) is 22.9 Å². The van der Waals surface area contributed by atoms with Gasteiger partial charge in [-0.1, -0.05) is 13.0 Å². The van der Waals surface area contributed by atoms with Gasteiger partial charge in [-0.05, 0) is 31.3 Å². The number of carbonyl (C=O) groups excluding carboxylic acids is 1. The van der Waals surface area contributed by atoms with E-state index >= 15 is 0 Å². The first-order valence-electron chi connectivity index (χ1n) is 12.9. The number of pyridine rings is 2. The number of benzene rings is 1. The monoisotopic (exact) mass is 544 g/mol. The maximum Gasteiger partial charge on any atom is 0.184 e. The van der Waals surface area contributed by atoms with Crippen LogP contribution in [0.1, 0.15) is 23.7 Å². The molecule has 4 aromatic rings. The second-order valence-electron chi connectivity index (χ2n) is 9.59. The summed E-state index contributed by atoms with van der Waals surface area (Å²) in [4.78, 5) is 28.0. The van der Waals surface area contributed by atoms with Crippen LogP contribution in [0.5, 0.6) is 11.5 Å². The zero-order chi connectivity index (χ0) is 28.2. The highest BCUT2D eigenvalue weighted by Crippen LogP contribution is 2.37. The lowest BCUT2D eigenvalue weighted by Crippen LogP contribution is -2.29. The van der Waals surface area contributed by atoms with E-state index in [1.807, 2.05) is 37.1 Å². The lowest BCUT2D eigenvalue weighted by molar-refractivity contribution is 0.0735. The van der Waals surface area contributed by atoms with Crippen molar-refractivity contribution in [2.24, 2.45) is 7.05 Å². The zero-order valence-corrected chi connectivity index (χ0v) is 22.8. The molecule has 0 unspecified atom stereocenters. The fourth-order valence-corrected chi connectivity index (χ4v) is 4.57. The maximum absolute atomic E-state index is 12.8. The largest absolute Gasteiger partial charge is 0.494 e. The highest BCUT2D eigenvalue weighted by Gasteiger charge is 2.30. The van der Waals surface area contributed by atoms with E-state index in [1.165, 1.54) is 0 Å². The smallest absolute Gasteiger partial charge is 0.184 e. The number of likely N-dealkylation sites (N-methyl/N-ethyl adjacent to an activating group) is 1. The van der Waals surface area contributed by atoms with Crippen molar-refractivity contribution < 1.29 is 19.4 Å². The molecule has 0 saturated carbocycles. The molecule has 1 aliphatic heterocycles. The molecule has 0 aliphatic carbocycles. The molecule has 12 heteroatoms. The fraction of sp³-hybridized carbons (Fsp3) is 0.321. The number of hydrogen-bond donors (Lipinski definition) is 3. The Kier molecular flexibility index (Phi) is 7.89. The summed E-state index contributed by atoms with van der Waals surface area (Å²) >= 11 is 0. The summed E-state index contributed by atoms with van der Waals surface area (Å²) in [5, 5.41) is 21.1. The number of β-amino-alcohol motifs (C(OH)–C–C–N with tert-alkyl or cyclic N) is 1. The SMILES string of the molecule is CCC(=O)c1cnc(Nc2ccc(O[C@H]3CN(C)C[C@@H]3O)cn2)cc1Nc1cccc(-c2ncn(C)n2)c1OC. The van der Waals surface area contributed by atoms with Crippen LogP contribution in [-0.4, -0.2) is 80.0 Å². The molecule has 40 heavy (non-hydrogen) atoms. The van der Waals surface area contributed by atoms with Crippen LogP contribution in [0.3, 0.4) is 0 Å². The normalized spacial score (nSPS) is 17.0. The van der Waals surface area contributed by atoms with Gasteiger partial charge in [0.1, 0.15) is 35.9 Å². The number of ketones is 1. The van der Waals surface area contributed by atoms with Gasteiger partial charge in [0.05, 0.1) is 35.8 Å². The Morgan fingerprint density at radius 2 is 1.88 bits per heavy atom. The third-order valence-electron chi connectivity index (χ3n) is 6.55. The van der Waals surface area contributed by atoms with E-state index in [9.17, 15) is 9.90 Å². The molecule has 3 N–H and O–H groups in total. The predicted octanol–water partition coefficient (Wildman–Crippen LogP) is 3.41. The number of ether oxygens (including phenoxy) is 2. The van der Waals surface area contributed by atoms with Crippen LogP contribution in [0.15, 0.2) is 55.1 Å². The van der Waals surface area contributed by atoms with Gasteiger partial charge in [0.2, 0.25) is 0 Å². The Morgan fingerprint density at radius 1 is 1.05 bits per heavy atom. The Labute approximate surface area is 232 Å². The van der Waals surface area contributed by atoms with Gasteiger partial charge in [-0.15, -0.1) is 0 Å². The lowest BCUT2D eigenvalue weighted by atomic mass is 10.1. The number of Topliss-reactive ketones (excluding diaryl/α,β-unsaturated/α-hetero) is 1. The topological polar surface area (TPSA) is 140 Å².